The minimum atomic E-state index is -3.44. The zero-order valence-corrected chi connectivity index (χ0v) is 13.3. The summed E-state index contributed by atoms with van der Waals surface area (Å²) in [5.41, 5.74) is 7.40. The lowest BCUT2D eigenvalue weighted by Crippen LogP contribution is -2.26. The summed E-state index contributed by atoms with van der Waals surface area (Å²) in [7, 11) is -3.44. The molecule has 0 fully saturated rings. The molecule has 0 aliphatic carbocycles. The maximum absolute atomic E-state index is 12.1. The van der Waals surface area contributed by atoms with Crippen LogP contribution in [0.5, 0.6) is 0 Å². The van der Waals surface area contributed by atoms with E-state index in [-0.39, 0.29) is 4.90 Å². The molecule has 0 saturated carbocycles. The van der Waals surface area contributed by atoms with Crippen LogP contribution >= 0.6 is 0 Å². The molecule has 0 aromatic heterocycles. The number of unbranched alkanes of at least 4 members (excludes halogenated alkanes) is 1. The Morgan fingerprint density at radius 1 is 1.25 bits per heavy atom. The number of benzene rings is 1. The first-order valence-corrected chi connectivity index (χ1v) is 8.58. The molecule has 5 nitrogen and oxygen atoms in total. The van der Waals surface area contributed by atoms with Crippen LogP contribution in [0.2, 0.25) is 0 Å². The molecule has 3 N–H and O–H groups in total. The molecular weight excluding hydrogens is 274 g/mol. The molecule has 0 aliphatic heterocycles. The Labute approximate surface area is 122 Å². The molecule has 0 saturated heterocycles. The van der Waals surface area contributed by atoms with Crippen molar-refractivity contribution < 1.29 is 8.42 Å². The maximum Gasteiger partial charge on any atom is 0.240 e. The molecule has 0 unspecified atom stereocenters. The molecule has 0 bridgehead atoms. The predicted octanol–water partition coefficient (Wildman–Crippen LogP) is 2.19. The van der Waals surface area contributed by atoms with Crippen LogP contribution in [-0.2, 0) is 10.0 Å². The van der Waals surface area contributed by atoms with Crippen molar-refractivity contribution in [2.45, 2.75) is 38.5 Å². The Balaban J connectivity index is 3.13. The average molecular weight is 299 g/mol. The molecule has 0 amide bonds. The second-order valence-corrected chi connectivity index (χ2v) is 6.42. The third-order valence-corrected chi connectivity index (χ3v) is 4.69. The highest BCUT2D eigenvalue weighted by Gasteiger charge is 2.16. The smallest absolute Gasteiger partial charge is 0.240 e. The van der Waals surface area contributed by atoms with Gasteiger partial charge in [0, 0.05) is 19.6 Å². The Morgan fingerprint density at radius 2 is 1.95 bits per heavy atom. The molecule has 20 heavy (non-hydrogen) atoms. The van der Waals surface area contributed by atoms with E-state index < -0.39 is 10.0 Å². The molecule has 0 heterocycles. The quantitative estimate of drug-likeness (QED) is 0.722. The van der Waals surface area contributed by atoms with Crippen molar-refractivity contribution in [2.24, 2.45) is 0 Å². The number of anilines is 2. The number of nitrogens with zero attached hydrogens (tertiary/aromatic N) is 1. The zero-order valence-electron chi connectivity index (χ0n) is 12.5. The van der Waals surface area contributed by atoms with Crippen LogP contribution in [0.3, 0.4) is 0 Å². The van der Waals surface area contributed by atoms with Gasteiger partial charge in [-0.25, -0.2) is 13.1 Å². The van der Waals surface area contributed by atoms with Crippen LogP contribution in [0.25, 0.3) is 0 Å². The van der Waals surface area contributed by atoms with E-state index in [0.29, 0.717) is 12.2 Å². The van der Waals surface area contributed by atoms with Crippen molar-refractivity contribution in [3.63, 3.8) is 0 Å². The van der Waals surface area contributed by atoms with Crippen LogP contribution in [-0.4, -0.2) is 28.1 Å². The van der Waals surface area contributed by atoms with E-state index in [0.717, 1.165) is 31.6 Å². The fourth-order valence-corrected chi connectivity index (χ4v) is 3.10. The summed E-state index contributed by atoms with van der Waals surface area (Å²) in [6, 6.07) is 4.87. The first-order valence-electron chi connectivity index (χ1n) is 7.10. The SMILES string of the molecule is CCCCN(CC)c1cc(S(=O)(=O)NCC)ccc1N. The van der Waals surface area contributed by atoms with Crippen molar-refractivity contribution >= 4 is 21.4 Å². The van der Waals surface area contributed by atoms with Crippen molar-refractivity contribution in [3.05, 3.63) is 18.2 Å². The molecule has 1 aromatic carbocycles. The molecule has 114 valence electrons. The van der Waals surface area contributed by atoms with Crippen LogP contribution in [0.1, 0.15) is 33.6 Å². The van der Waals surface area contributed by atoms with E-state index >= 15 is 0 Å². The van der Waals surface area contributed by atoms with Gasteiger partial charge in [0.1, 0.15) is 0 Å². The van der Waals surface area contributed by atoms with Gasteiger partial charge in [0.2, 0.25) is 10.0 Å². The fraction of sp³-hybridized carbons (Fsp3) is 0.571. The summed E-state index contributed by atoms with van der Waals surface area (Å²) in [4.78, 5) is 2.38. The summed E-state index contributed by atoms with van der Waals surface area (Å²) in [5, 5.41) is 0. The number of nitrogens with two attached hydrogens (primary N) is 1. The van der Waals surface area contributed by atoms with Crippen molar-refractivity contribution in [2.75, 3.05) is 30.3 Å². The number of hydrogen-bond donors (Lipinski definition) is 2. The third kappa shape index (κ3) is 4.11. The highest BCUT2D eigenvalue weighted by Crippen LogP contribution is 2.27. The molecule has 1 rings (SSSR count). The fourth-order valence-electron chi connectivity index (χ4n) is 2.04. The van der Waals surface area contributed by atoms with Gasteiger partial charge in [0.15, 0.2) is 0 Å². The summed E-state index contributed by atoms with van der Waals surface area (Å²) >= 11 is 0. The second-order valence-electron chi connectivity index (χ2n) is 4.66. The van der Waals surface area contributed by atoms with Crippen LogP contribution < -0.4 is 15.4 Å². The molecule has 6 heteroatoms. The molecule has 0 atom stereocenters. The van der Waals surface area contributed by atoms with E-state index in [2.05, 4.69) is 16.5 Å². The van der Waals surface area contributed by atoms with Crippen LogP contribution in [0.4, 0.5) is 11.4 Å². The first kappa shape index (κ1) is 16.8. The van der Waals surface area contributed by atoms with Gasteiger partial charge in [-0.2, -0.15) is 0 Å². The Bertz CT molecular complexity index is 529. The number of nitrogens with one attached hydrogen (secondary N) is 1. The van der Waals surface area contributed by atoms with E-state index in [1.54, 1.807) is 25.1 Å². The molecular formula is C14H25N3O2S. The lowest BCUT2D eigenvalue weighted by atomic mass is 10.2. The second kappa shape index (κ2) is 7.50. The van der Waals surface area contributed by atoms with Crippen LogP contribution in [0.15, 0.2) is 23.1 Å². The molecule has 0 aliphatic rings. The van der Waals surface area contributed by atoms with E-state index in [1.165, 1.54) is 0 Å². The van der Waals surface area contributed by atoms with Gasteiger partial charge < -0.3 is 10.6 Å². The standard InChI is InChI=1S/C14H25N3O2S/c1-4-7-10-17(6-3)14-11-12(8-9-13(14)15)20(18,19)16-5-2/h8-9,11,16H,4-7,10,15H2,1-3H3. The van der Waals surface area contributed by atoms with Crippen molar-refractivity contribution in [1.82, 2.24) is 4.72 Å². The Morgan fingerprint density at radius 3 is 2.50 bits per heavy atom. The topological polar surface area (TPSA) is 75.4 Å². The lowest BCUT2D eigenvalue weighted by molar-refractivity contribution is 0.584. The minimum Gasteiger partial charge on any atom is -0.397 e. The molecule has 0 radical (unpaired) electrons. The minimum absolute atomic E-state index is 0.262. The zero-order chi connectivity index (χ0) is 15.2. The van der Waals surface area contributed by atoms with Gasteiger partial charge in [0.05, 0.1) is 16.3 Å². The number of hydrogen-bond acceptors (Lipinski definition) is 4. The van der Waals surface area contributed by atoms with E-state index in [1.807, 2.05) is 6.92 Å². The summed E-state index contributed by atoms with van der Waals surface area (Å²) in [5.74, 6) is 0. The van der Waals surface area contributed by atoms with Crippen molar-refractivity contribution in [3.8, 4) is 0 Å². The summed E-state index contributed by atoms with van der Waals surface area (Å²) in [6.07, 6.45) is 2.14. The van der Waals surface area contributed by atoms with Gasteiger partial charge >= 0.3 is 0 Å². The number of rotatable bonds is 8. The number of sulfonamides is 1. The molecule has 1 aromatic rings. The van der Waals surface area contributed by atoms with Gasteiger partial charge in [0.25, 0.3) is 0 Å². The Hall–Kier alpha value is -1.27. The normalized spacial score (nSPS) is 11.6. The predicted molar refractivity (Wildman–Crippen MR) is 84.5 cm³/mol. The largest absolute Gasteiger partial charge is 0.397 e. The number of nitrogen functional groups attached to an aromatic ring is 1. The van der Waals surface area contributed by atoms with Gasteiger partial charge in [-0.3, -0.25) is 0 Å². The monoisotopic (exact) mass is 299 g/mol. The lowest BCUT2D eigenvalue weighted by Gasteiger charge is -2.25. The highest BCUT2D eigenvalue weighted by atomic mass is 32.2. The molecule has 0 spiro atoms. The van der Waals surface area contributed by atoms with Gasteiger partial charge in [-0.1, -0.05) is 20.3 Å². The summed E-state index contributed by atoms with van der Waals surface area (Å²) in [6.45, 7) is 7.98. The van der Waals surface area contributed by atoms with Crippen LogP contribution in [0, 0.1) is 0 Å². The first-order chi connectivity index (χ1) is 9.46. The van der Waals surface area contributed by atoms with Gasteiger partial charge in [-0.15, -0.1) is 0 Å². The Kier molecular flexibility index (Phi) is 6.29. The van der Waals surface area contributed by atoms with Crippen molar-refractivity contribution in [1.29, 1.82) is 0 Å². The summed E-state index contributed by atoms with van der Waals surface area (Å²) < 4.78 is 26.6. The van der Waals surface area contributed by atoms with E-state index in [9.17, 15) is 8.42 Å². The average Bonchev–Trinajstić information content (AvgIpc) is 2.41. The van der Waals surface area contributed by atoms with E-state index in [4.69, 9.17) is 5.73 Å². The van der Waals surface area contributed by atoms with Gasteiger partial charge in [-0.05, 0) is 31.5 Å². The maximum atomic E-state index is 12.1. The highest BCUT2D eigenvalue weighted by molar-refractivity contribution is 7.89. The third-order valence-electron chi connectivity index (χ3n) is 3.15.